The fraction of sp³-hybridized carbons (Fsp3) is 0.500. The maximum Gasteiger partial charge on any atom is 0.328 e. The molecule has 1 saturated heterocycles. The molecule has 3 N–H and O–H groups in total. The van der Waals surface area contributed by atoms with Gasteiger partial charge in [-0.15, -0.1) is 0 Å². The van der Waals surface area contributed by atoms with Crippen LogP contribution in [0.1, 0.15) is 6.92 Å². The normalized spacial score (nSPS) is 19.5. The topological polar surface area (TPSA) is 98.7 Å². The summed E-state index contributed by atoms with van der Waals surface area (Å²) >= 11 is 0. The van der Waals surface area contributed by atoms with E-state index in [0.717, 1.165) is 10.5 Å². The monoisotopic (exact) mass is 241 g/mol. The van der Waals surface area contributed by atoms with Crippen molar-refractivity contribution in [1.29, 1.82) is 0 Å². The summed E-state index contributed by atoms with van der Waals surface area (Å²) in [5.41, 5.74) is 0.742. The average molecular weight is 241 g/mol. The van der Waals surface area contributed by atoms with E-state index in [0.29, 0.717) is 0 Å². The molecule has 7 nitrogen and oxygen atoms in total. The Balaban J connectivity index is 2.68. The van der Waals surface area contributed by atoms with E-state index in [1.165, 1.54) is 0 Å². The lowest BCUT2D eigenvalue weighted by atomic mass is 10.2. The smallest absolute Gasteiger partial charge is 0.328 e. The predicted molar refractivity (Wildman–Crippen MR) is 59.4 cm³/mol. The molecule has 1 rings (SSSR count). The Bertz CT molecular complexity index is 367. The summed E-state index contributed by atoms with van der Waals surface area (Å²) in [6.07, 6.45) is 0. The van der Waals surface area contributed by atoms with Crippen LogP contribution in [0.15, 0.2) is 12.2 Å². The van der Waals surface area contributed by atoms with Gasteiger partial charge < -0.3 is 15.7 Å². The third-order valence-electron chi connectivity index (χ3n) is 2.27. The molecule has 3 amide bonds. The van der Waals surface area contributed by atoms with Gasteiger partial charge in [0.05, 0.1) is 0 Å². The van der Waals surface area contributed by atoms with Crippen LogP contribution in [0.25, 0.3) is 0 Å². The van der Waals surface area contributed by atoms with E-state index < -0.39 is 18.0 Å². The number of carbonyl (C=O) groups excluding carboxylic acids is 2. The first-order valence-corrected chi connectivity index (χ1v) is 5.10. The van der Waals surface area contributed by atoms with Gasteiger partial charge in [0, 0.05) is 13.1 Å². The fourth-order valence-electron chi connectivity index (χ4n) is 1.40. The van der Waals surface area contributed by atoms with E-state index in [1.54, 1.807) is 6.92 Å². The molecule has 7 heteroatoms. The van der Waals surface area contributed by atoms with E-state index in [1.807, 2.05) is 0 Å². The van der Waals surface area contributed by atoms with Crippen LogP contribution < -0.4 is 10.6 Å². The van der Waals surface area contributed by atoms with Crippen molar-refractivity contribution in [3.05, 3.63) is 12.2 Å². The minimum atomic E-state index is -1.14. The van der Waals surface area contributed by atoms with Gasteiger partial charge in [0.2, 0.25) is 5.91 Å². The van der Waals surface area contributed by atoms with Crippen molar-refractivity contribution < 1.29 is 19.5 Å². The van der Waals surface area contributed by atoms with Crippen molar-refractivity contribution in [2.45, 2.75) is 13.0 Å². The first-order valence-electron chi connectivity index (χ1n) is 5.10. The number of carbonyl (C=O) groups is 3. The van der Waals surface area contributed by atoms with Crippen molar-refractivity contribution >= 4 is 17.9 Å². The van der Waals surface area contributed by atoms with Gasteiger partial charge in [-0.25, -0.2) is 9.59 Å². The van der Waals surface area contributed by atoms with Crippen LogP contribution >= 0.6 is 0 Å². The molecule has 0 spiro atoms. The van der Waals surface area contributed by atoms with E-state index in [9.17, 15) is 14.4 Å². The highest BCUT2D eigenvalue weighted by Crippen LogP contribution is 2.05. The van der Waals surface area contributed by atoms with Gasteiger partial charge in [0.25, 0.3) is 0 Å². The molecular formula is C10H15N3O4. The van der Waals surface area contributed by atoms with Crippen LogP contribution in [0.5, 0.6) is 0 Å². The van der Waals surface area contributed by atoms with Gasteiger partial charge in [-0.1, -0.05) is 12.2 Å². The summed E-state index contributed by atoms with van der Waals surface area (Å²) in [4.78, 5) is 34.8. The number of hydrogen-bond donors (Lipinski definition) is 3. The van der Waals surface area contributed by atoms with Gasteiger partial charge in [-0.05, 0) is 6.92 Å². The number of rotatable bonds is 3. The van der Waals surface area contributed by atoms with Gasteiger partial charge in [0.1, 0.15) is 12.6 Å². The second kappa shape index (κ2) is 5.33. The highest BCUT2D eigenvalue weighted by molar-refractivity contribution is 5.90. The fourth-order valence-corrected chi connectivity index (χ4v) is 1.40. The lowest BCUT2D eigenvalue weighted by Gasteiger charge is -2.32. The summed E-state index contributed by atoms with van der Waals surface area (Å²) in [6.45, 7) is 5.27. The Labute approximate surface area is 98.5 Å². The van der Waals surface area contributed by atoms with Crippen molar-refractivity contribution in [2.24, 2.45) is 0 Å². The minimum absolute atomic E-state index is 0.0747. The second-order valence-electron chi connectivity index (χ2n) is 3.90. The zero-order valence-corrected chi connectivity index (χ0v) is 9.52. The van der Waals surface area contributed by atoms with Crippen LogP contribution in [0.4, 0.5) is 4.79 Å². The molecule has 1 aliphatic heterocycles. The summed E-state index contributed by atoms with van der Waals surface area (Å²) in [5, 5.41) is 13.8. The van der Waals surface area contributed by atoms with Crippen LogP contribution in [0, 0.1) is 0 Å². The largest absolute Gasteiger partial charge is 0.480 e. The third-order valence-corrected chi connectivity index (χ3v) is 2.27. The van der Waals surface area contributed by atoms with Gasteiger partial charge >= 0.3 is 12.0 Å². The maximum atomic E-state index is 11.7. The molecule has 0 aromatic carbocycles. The highest BCUT2D eigenvalue weighted by atomic mass is 16.4. The first-order chi connectivity index (χ1) is 7.91. The van der Waals surface area contributed by atoms with E-state index >= 15 is 0 Å². The Kier molecular flexibility index (Phi) is 4.08. The van der Waals surface area contributed by atoms with Crippen LogP contribution in [0.2, 0.25) is 0 Å². The van der Waals surface area contributed by atoms with E-state index in [2.05, 4.69) is 17.2 Å². The molecule has 0 saturated carbocycles. The number of carboxylic acids is 1. The number of urea groups is 1. The molecule has 94 valence electrons. The molecule has 1 fully saturated rings. The summed E-state index contributed by atoms with van der Waals surface area (Å²) in [5.74, 6) is -1.51. The van der Waals surface area contributed by atoms with Crippen molar-refractivity contribution in [3.63, 3.8) is 0 Å². The molecule has 17 heavy (non-hydrogen) atoms. The Morgan fingerprint density at radius 1 is 1.65 bits per heavy atom. The number of piperazine rings is 1. The SMILES string of the molecule is C=C(C)CNC(=O)N1CC(=O)NCC1C(=O)O. The van der Waals surface area contributed by atoms with Gasteiger partial charge in [-0.3, -0.25) is 9.69 Å². The number of hydrogen-bond acceptors (Lipinski definition) is 3. The number of aliphatic carboxylic acids is 1. The van der Waals surface area contributed by atoms with Crippen molar-refractivity contribution in [1.82, 2.24) is 15.5 Å². The molecule has 0 aliphatic carbocycles. The lowest BCUT2D eigenvalue weighted by Crippen LogP contribution is -2.61. The quantitative estimate of drug-likeness (QED) is 0.561. The number of nitrogens with zero attached hydrogens (tertiary/aromatic N) is 1. The van der Waals surface area contributed by atoms with Crippen LogP contribution in [-0.2, 0) is 9.59 Å². The van der Waals surface area contributed by atoms with Gasteiger partial charge in [0.15, 0.2) is 0 Å². The van der Waals surface area contributed by atoms with Crippen molar-refractivity contribution in [2.75, 3.05) is 19.6 Å². The Morgan fingerprint density at radius 2 is 2.29 bits per heavy atom. The highest BCUT2D eigenvalue weighted by Gasteiger charge is 2.34. The van der Waals surface area contributed by atoms with Crippen molar-refractivity contribution in [3.8, 4) is 0 Å². The number of carboxylic acid groups (broad SMARTS) is 1. The van der Waals surface area contributed by atoms with E-state index in [4.69, 9.17) is 5.11 Å². The molecule has 1 unspecified atom stereocenters. The molecule has 1 atom stereocenters. The zero-order chi connectivity index (χ0) is 13.0. The predicted octanol–water partition coefficient (Wildman–Crippen LogP) is -0.843. The van der Waals surface area contributed by atoms with E-state index in [-0.39, 0.29) is 25.5 Å². The standard InChI is InChI=1S/C10H15N3O4/c1-6(2)3-12-10(17)13-5-8(14)11-4-7(13)9(15)16/h7H,1,3-5H2,2H3,(H,11,14)(H,12,17)(H,15,16). The lowest BCUT2D eigenvalue weighted by molar-refractivity contribution is -0.144. The zero-order valence-electron chi connectivity index (χ0n) is 9.52. The minimum Gasteiger partial charge on any atom is -0.480 e. The van der Waals surface area contributed by atoms with Gasteiger partial charge in [-0.2, -0.15) is 0 Å². The Hall–Kier alpha value is -2.05. The molecule has 1 heterocycles. The number of nitrogens with one attached hydrogen (secondary N) is 2. The molecule has 0 radical (unpaired) electrons. The molecule has 0 bridgehead atoms. The maximum absolute atomic E-state index is 11.7. The first kappa shape index (κ1) is 13.0. The molecule has 0 aromatic heterocycles. The second-order valence-corrected chi connectivity index (χ2v) is 3.90. The third kappa shape index (κ3) is 3.47. The molecular weight excluding hydrogens is 226 g/mol. The van der Waals surface area contributed by atoms with Crippen LogP contribution in [-0.4, -0.2) is 53.6 Å². The Morgan fingerprint density at radius 3 is 2.82 bits per heavy atom. The number of amides is 3. The molecule has 0 aromatic rings. The summed E-state index contributed by atoms with van der Waals surface area (Å²) < 4.78 is 0. The average Bonchev–Trinajstić information content (AvgIpc) is 2.25. The summed E-state index contributed by atoms with van der Waals surface area (Å²) in [6, 6.07) is -1.60. The summed E-state index contributed by atoms with van der Waals surface area (Å²) in [7, 11) is 0. The van der Waals surface area contributed by atoms with Crippen LogP contribution in [0.3, 0.4) is 0 Å². The molecule has 1 aliphatic rings.